The largest absolute Gasteiger partial charge is 0.467 e. The average Bonchev–Trinajstić information content (AvgIpc) is 3.36. The average molecular weight is 403 g/mol. The molecule has 3 aromatic heterocycles. The number of imidazole rings is 1. The van der Waals surface area contributed by atoms with Crippen LogP contribution >= 0.6 is 0 Å². The number of alkyl halides is 1. The number of nitrogens with one attached hydrogen (secondary N) is 1. The Bertz CT molecular complexity index is 1030. The zero-order chi connectivity index (χ0) is 20.8. The topological polar surface area (TPSA) is 104 Å². The molecule has 154 valence electrons. The van der Waals surface area contributed by atoms with Crippen LogP contribution in [0.4, 0.5) is 10.2 Å². The van der Waals surface area contributed by atoms with E-state index in [1.165, 1.54) is 38.0 Å². The number of hydrogen-bond donors (Lipinski definition) is 1. The first-order chi connectivity index (χ1) is 13.7. The normalized spacial score (nSPS) is 29.3. The van der Waals surface area contributed by atoms with E-state index in [4.69, 9.17) is 13.9 Å². The fraction of sp³-hybridized carbons (Fsp3) is 0.474. The molecule has 0 saturated carbocycles. The molecule has 1 N–H and O–H groups in total. The predicted molar refractivity (Wildman–Crippen MR) is 101 cm³/mol. The lowest BCUT2D eigenvalue weighted by Crippen LogP contribution is -2.53. The summed E-state index contributed by atoms with van der Waals surface area (Å²) in [5.74, 6) is 0.645. The molecule has 0 spiro atoms. The highest BCUT2D eigenvalue weighted by atomic mass is 19.1. The molecule has 2 unspecified atom stereocenters. The molecule has 0 aliphatic carbocycles. The monoisotopic (exact) mass is 403 g/mol. The summed E-state index contributed by atoms with van der Waals surface area (Å²) in [7, 11) is 0. The number of halogens is 1. The lowest BCUT2D eigenvalue weighted by Gasteiger charge is -2.36. The van der Waals surface area contributed by atoms with Gasteiger partial charge in [0.25, 0.3) is 0 Å². The van der Waals surface area contributed by atoms with Gasteiger partial charge in [-0.1, -0.05) is 0 Å². The van der Waals surface area contributed by atoms with Crippen LogP contribution in [0, 0.1) is 0 Å². The van der Waals surface area contributed by atoms with Crippen molar-refractivity contribution >= 4 is 23.0 Å². The Morgan fingerprint density at radius 3 is 2.86 bits per heavy atom. The van der Waals surface area contributed by atoms with Gasteiger partial charge >= 0.3 is 5.97 Å². The number of esters is 1. The van der Waals surface area contributed by atoms with E-state index >= 15 is 4.39 Å². The number of carbonyl (C=O) groups is 1. The Balaban J connectivity index is 1.68. The van der Waals surface area contributed by atoms with E-state index in [1.54, 1.807) is 19.3 Å². The number of rotatable bonds is 5. The van der Waals surface area contributed by atoms with Crippen molar-refractivity contribution in [2.75, 3.05) is 5.32 Å². The van der Waals surface area contributed by atoms with Crippen molar-refractivity contribution in [1.82, 2.24) is 19.5 Å². The molecule has 0 radical (unpaired) electrons. The Morgan fingerprint density at radius 1 is 1.38 bits per heavy atom. The minimum atomic E-state index is -2.03. The summed E-state index contributed by atoms with van der Waals surface area (Å²) in [6.07, 6.45) is 2.64. The van der Waals surface area contributed by atoms with Crippen molar-refractivity contribution in [2.45, 2.75) is 57.8 Å². The Hall–Kier alpha value is -3.01. The molecule has 1 fully saturated rings. The Kier molecular flexibility index (Phi) is 4.53. The number of aromatic nitrogens is 4. The van der Waals surface area contributed by atoms with E-state index < -0.39 is 29.6 Å². The molecule has 0 bridgehead atoms. The quantitative estimate of drug-likeness (QED) is 0.649. The van der Waals surface area contributed by atoms with Gasteiger partial charge in [-0.2, -0.15) is 0 Å². The maximum Gasteiger partial charge on any atom is 0.303 e. The van der Waals surface area contributed by atoms with Gasteiger partial charge in [0.1, 0.15) is 18.2 Å². The van der Waals surface area contributed by atoms with Crippen molar-refractivity contribution in [1.29, 1.82) is 0 Å². The van der Waals surface area contributed by atoms with Gasteiger partial charge in [-0.15, -0.1) is 0 Å². The summed E-state index contributed by atoms with van der Waals surface area (Å²) in [5.41, 5.74) is -2.63. The predicted octanol–water partition coefficient (Wildman–Crippen LogP) is 3.00. The molecule has 1 aliphatic rings. The molecule has 4 atom stereocenters. The van der Waals surface area contributed by atoms with Gasteiger partial charge in [0.2, 0.25) is 0 Å². The van der Waals surface area contributed by atoms with Crippen LogP contribution in [0.25, 0.3) is 11.2 Å². The van der Waals surface area contributed by atoms with Crippen molar-refractivity contribution < 1.29 is 23.1 Å². The highest BCUT2D eigenvalue weighted by molar-refractivity contribution is 5.82. The summed E-state index contributed by atoms with van der Waals surface area (Å²) >= 11 is 0. The molecule has 4 heterocycles. The maximum absolute atomic E-state index is 15.9. The third-order valence-corrected chi connectivity index (χ3v) is 5.52. The van der Waals surface area contributed by atoms with Gasteiger partial charge in [-0.3, -0.25) is 9.36 Å². The molecular weight excluding hydrogens is 381 g/mol. The van der Waals surface area contributed by atoms with Crippen LogP contribution in [-0.2, 0) is 20.8 Å². The molecule has 3 aromatic rings. The van der Waals surface area contributed by atoms with Crippen LogP contribution in [0.2, 0.25) is 0 Å². The van der Waals surface area contributed by atoms with Crippen LogP contribution in [-0.4, -0.2) is 42.9 Å². The Labute approximate surface area is 166 Å². The van der Waals surface area contributed by atoms with Crippen molar-refractivity contribution in [3.8, 4) is 0 Å². The number of fused-ring (bicyclic) bond motifs is 1. The lowest BCUT2D eigenvalue weighted by molar-refractivity contribution is -0.172. The van der Waals surface area contributed by atoms with Crippen LogP contribution in [0.15, 0.2) is 35.5 Å². The van der Waals surface area contributed by atoms with Gasteiger partial charge in [0.15, 0.2) is 34.5 Å². The number of anilines is 1. The highest BCUT2D eigenvalue weighted by Gasteiger charge is 2.65. The third-order valence-electron chi connectivity index (χ3n) is 5.52. The number of hydrogen-bond acceptors (Lipinski definition) is 8. The minimum Gasteiger partial charge on any atom is -0.467 e. The van der Waals surface area contributed by atoms with Gasteiger partial charge in [-0.25, -0.2) is 19.3 Å². The second-order valence-corrected chi connectivity index (χ2v) is 7.39. The SMILES string of the molecule is CC(=O)OC1(C)[C@@H](C)OC(n2cnc3c(NCc4ccco4)ncnc32)[C@]1(C)F. The summed E-state index contributed by atoms with van der Waals surface area (Å²) in [6.45, 7) is 6.22. The second-order valence-electron chi connectivity index (χ2n) is 7.39. The van der Waals surface area contributed by atoms with E-state index in [0.29, 0.717) is 23.5 Å². The zero-order valence-corrected chi connectivity index (χ0v) is 16.5. The molecule has 29 heavy (non-hydrogen) atoms. The molecule has 0 aromatic carbocycles. The summed E-state index contributed by atoms with van der Waals surface area (Å²) in [5, 5.41) is 3.14. The molecule has 10 heteroatoms. The second kappa shape index (κ2) is 6.80. The molecule has 1 aliphatic heterocycles. The maximum atomic E-state index is 15.9. The van der Waals surface area contributed by atoms with Crippen molar-refractivity contribution in [3.63, 3.8) is 0 Å². The fourth-order valence-electron chi connectivity index (χ4n) is 3.64. The van der Waals surface area contributed by atoms with Gasteiger partial charge in [0.05, 0.1) is 19.1 Å². The fourth-order valence-corrected chi connectivity index (χ4v) is 3.64. The third kappa shape index (κ3) is 3.03. The zero-order valence-electron chi connectivity index (χ0n) is 16.5. The van der Waals surface area contributed by atoms with Crippen LogP contribution in [0.1, 0.15) is 39.7 Å². The first-order valence-electron chi connectivity index (χ1n) is 9.22. The molecule has 4 rings (SSSR count). The lowest BCUT2D eigenvalue weighted by atomic mass is 9.84. The molecule has 9 nitrogen and oxygen atoms in total. The van der Waals surface area contributed by atoms with Crippen LogP contribution in [0.3, 0.4) is 0 Å². The number of ether oxygens (including phenoxy) is 2. The highest BCUT2D eigenvalue weighted by Crippen LogP contribution is 2.50. The van der Waals surface area contributed by atoms with Crippen molar-refractivity contribution in [2.24, 2.45) is 0 Å². The summed E-state index contributed by atoms with van der Waals surface area (Å²) in [4.78, 5) is 24.4. The van der Waals surface area contributed by atoms with Crippen LogP contribution < -0.4 is 5.32 Å². The minimum absolute atomic E-state index is 0.398. The smallest absolute Gasteiger partial charge is 0.303 e. The summed E-state index contributed by atoms with van der Waals surface area (Å²) in [6, 6.07) is 3.63. The number of nitrogens with zero attached hydrogens (tertiary/aromatic N) is 4. The van der Waals surface area contributed by atoms with E-state index in [9.17, 15) is 4.79 Å². The molecule has 1 saturated heterocycles. The first-order valence-corrected chi connectivity index (χ1v) is 9.22. The van der Waals surface area contributed by atoms with E-state index in [2.05, 4.69) is 20.3 Å². The van der Waals surface area contributed by atoms with E-state index in [0.717, 1.165) is 5.76 Å². The first kappa shape index (κ1) is 19.3. The Morgan fingerprint density at radius 2 is 2.17 bits per heavy atom. The molecule has 0 amide bonds. The van der Waals surface area contributed by atoms with E-state index in [-0.39, 0.29) is 0 Å². The number of carbonyl (C=O) groups excluding carboxylic acids is 1. The van der Waals surface area contributed by atoms with Gasteiger partial charge in [0, 0.05) is 6.92 Å². The number of furan rings is 1. The van der Waals surface area contributed by atoms with E-state index in [1.807, 2.05) is 6.07 Å². The van der Waals surface area contributed by atoms with Crippen LogP contribution in [0.5, 0.6) is 0 Å². The standard InChI is InChI=1S/C19H22FN5O4/c1-11-19(4,29-12(2)26)18(3,20)17(28-11)25-10-24-14-15(22-9-23-16(14)25)21-8-13-6-5-7-27-13/h5-7,9-11,17H,8H2,1-4H3,(H,21,22,23)/t11-,17?,18+,19?/m1/s1. The van der Waals surface area contributed by atoms with Crippen molar-refractivity contribution in [3.05, 3.63) is 36.8 Å². The van der Waals surface area contributed by atoms with Gasteiger partial charge in [-0.05, 0) is 32.9 Å². The summed E-state index contributed by atoms with van der Waals surface area (Å²) < 4.78 is 34.0. The van der Waals surface area contributed by atoms with Gasteiger partial charge < -0.3 is 19.2 Å². The molecular formula is C19H22FN5O4.